The van der Waals surface area contributed by atoms with E-state index in [1.165, 1.54) is 32.4 Å². The van der Waals surface area contributed by atoms with Crippen LogP contribution in [-0.4, -0.2) is 48.3 Å². The van der Waals surface area contributed by atoms with Crippen LogP contribution < -0.4 is 5.32 Å². The molecule has 19 heavy (non-hydrogen) atoms. The molecule has 0 bridgehead atoms. The van der Waals surface area contributed by atoms with Crippen LogP contribution in [0.5, 0.6) is 0 Å². The van der Waals surface area contributed by atoms with E-state index in [0.29, 0.717) is 11.5 Å². The molecule has 0 aromatic carbocycles. The van der Waals surface area contributed by atoms with Crippen molar-refractivity contribution in [3.8, 4) is 0 Å². The van der Waals surface area contributed by atoms with Gasteiger partial charge in [0, 0.05) is 18.6 Å². The van der Waals surface area contributed by atoms with Gasteiger partial charge in [-0.2, -0.15) is 0 Å². The smallest absolute Gasteiger partial charge is 0.0597 e. The number of rotatable bonds is 5. The molecule has 3 heteroatoms. The standard InChI is InChI=1S/C16H34N2O/c1-13(2)17-15(12-19)11-18-9-6-7-14(8-10-18)16(3,4)5/h13-15,17,19H,6-12H2,1-5H3. The summed E-state index contributed by atoms with van der Waals surface area (Å²) in [5.41, 5.74) is 0.433. The molecular weight excluding hydrogens is 236 g/mol. The predicted molar refractivity (Wildman–Crippen MR) is 82.4 cm³/mol. The van der Waals surface area contributed by atoms with Gasteiger partial charge in [0.2, 0.25) is 0 Å². The van der Waals surface area contributed by atoms with Gasteiger partial charge >= 0.3 is 0 Å². The Morgan fingerprint density at radius 1 is 1.21 bits per heavy atom. The lowest BCUT2D eigenvalue weighted by atomic mass is 9.77. The van der Waals surface area contributed by atoms with Gasteiger partial charge in [0.1, 0.15) is 0 Å². The first-order chi connectivity index (χ1) is 8.82. The minimum absolute atomic E-state index is 0.214. The second kappa shape index (κ2) is 7.61. The Bertz CT molecular complexity index is 248. The first-order valence-corrected chi connectivity index (χ1v) is 7.92. The van der Waals surface area contributed by atoms with Crippen molar-refractivity contribution < 1.29 is 5.11 Å². The Balaban J connectivity index is 2.44. The summed E-state index contributed by atoms with van der Waals surface area (Å²) in [4.78, 5) is 2.53. The second-order valence-corrected chi connectivity index (χ2v) is 7.50. The van der Waals surface area contributed by atoms with Crippen molar-refractivity contribution in [2.75, 3.05) is 26.2 Å². The molecule has 2 N–H and O–H groups in total. The summed E-state index contributed by atoms with van der Waals surface area (Å²) in [6.07, 6.45) is 3.94. The van der Waals surface area contributed by atoms with E-state index in [4.69, 9.17) is 0 Å². The predicted octanol–water partition coefficient (Wildman–Crippen LogP) is 2.49. The Morgan fingerprint density at radius 3 is 2.42 bits per heavy atom. The number of aliphatic hydroxyl groups is 1. The zero-order valence-electron chi connectivity index (χ0n) is 13.6. The molecule has 0 amide bonds. The maximum Gasteiger partial charge on any atom is 0.0597 e. The molecule has 1 fully saturated rings. The molecule has 2 atom stereocenters. The van der Waals surface area contributed by atoms with E-state index in [1.54, 1.807) is 0 Å². The molecule has 1 aliphatic rings. The average molecular weight is 270 g/mol. The van der Waals surface area contributed by atoms with Crippen molar-refractivity contribution in [3.63, 3.8) is 0 Å². The monoisotopic (exact) mass is 270 g/mol. The third-order valence-electron chi connectivity index (χ3n) is 4.31. The number of nitrogens with zero attached hydrogens (tertiary/aromatic N) is 1. The van der Waals surface area contributed by atoms with Gasteiger partial charge in [-0.1, -0.05) is 34.6 Å². The zero-order chi connectivity index (χ0) is 14.5. The number of nitrogens with one attached hydrogen (secondary N) is 1. The fourth-order valence-electron chi connectivity index (χ4n) is 3.15. The van der Waals surface area contributed by atoms with Crippen molar-refractivity contribution in [2.45, 2.75) is 66.0 Å². The fraction of sp³-hybridized carbons (Fsp3) is 1.00. The summed E-state index contributed by atoms with van der Waals surface area (Å²) >= 11 is 0. The Hall–Kier alpha value is -0.120. The molecule has 0 aromatic heterocycles. The third-order valence-corrected chi connectivity index (χ3v) is 4.31. The molecule has 0 saturated carbocycles. The summed E-state index contributed by atoms with van der Waals surface area (Å²) in [6, 6.07) is 0.651. The maximum atomic E-state index is 9.47. The topological polar surface area (TPSA) is 35.5 Å². The fourth-order valence-corrected chi connectivity index (χ4v) is 3.15. The van der Waals surface area contributed by atoms with E-state index >= 15 is 0 Å². The summed E-state index contributed by atoms with van der Waals surface area (Å²) in [7, 11) is 0. The highest BCUT2D eigenvalue weighted by Gasteiger charge is 2.27. The Morgan fingerprint density at radius 2 is 1.89 bits per heavy atom. The number of hydrogen-bond acceptors (Lipinski definition) is 3. The number of hydrogen-bond donors (Lipinski definition) is 2. The van der Waals surface area contributed by atoms with E-state index in [-0.39, 0.29) is 12.6 Å². The largest absolute Gasteiger partial charge is 0.395 e. The molecule has 1 aliphatic heterocycles. The normalized spacial score (nSPS) is 24.5. The van der Waals surface area contributed by atoms with Gasteiger partial charge in [-0.05, 0) is 43.7 Å². The minimum Gasteiger partial charge on any atom is -0.395 e. The molecule has 0 aliphatic carbocycles. The molecule has 1 saturated heterocycles. The van der Waals surface area contributed by atoms with E-state index in [2.05, 4.69) is 44.8 Å². The molecule has 114 valence electrons. The SMILES string of the molecule is CC(C)NC(CO)CN1CCCC(C(C)(C)C)CC1. The van der Waals surface area contributed by atoms with Crippen molar-refractivity contribution >= 4 is 0 Å². The Labute approximate surface area is 119 Å². The van der Waals surface area contributed by atoms with Crippen molar-refractivity contribution in [3.05, 3.63) is 0 Å². The van der Waals surface area contributed by atoms with Crippen LogP contribution in [-0.2, 0) is 0 Å². The van der Waals surface area contributed by atoms with Gasteiger partial charge in [0.25, 0.3) is 0 Å². The lowest BCUT2D eigenvalue weighted by molar-refractivity contribution is 0.170. The maximum absolute atomic E-state index is 9.47. The van der Waals surface area contributed by atoms with E-state index < -0.39 is 0 Å². The second-order valence-electron chi connectivity index (χ2n) is 7.50. The van der Waals surface area contributed by atoms with Gasteiger partial charge in [-0.3, -0.25) is 0 Å². The summed E-state index contributed by atoms with van der Waals surface area (Å²) in [5, 5.41) is 12.9. The molecular formula is C16H34N2O. The van der Waals surface area contributed by atoms with Gasteiger partial charge in [0.15, 0.2) is 0 Å². The van der Waals surface area contributed by atoms with E-state index in [0.717, 1.165) is 12.5 Å². The lowest BCUT2D eigenvalue weighted by Gasteiger charge is -2.30. The minimum atomic E-state index is 0.214. The van der Waals surface area contributed by atoms with Crippen LogP contribution in [0.1, 0.15) is 53.9 Å². The van der Waals surface area contributed by atoms with Crippen molar-refractivity contribution in [2.24, 2.45) is 11.3 Å². The average Bonchev–Trinajstić information content (AvgIpc) is 2.52. The molecule has 3 nitrogen and oxygen atoms in total. The highest BCUT2D eigenvalue weighted by molar-refractivity contribution is 4.81. The summed E-state index contributed by atoms with van der Waals surface area (Å²) in [6.45, 7) is 14.9. The zero-order valence-corrected chi connectivity index (χ0v) is 13.6. The number of likely N-dealkylation sites (tertiary alicyclic amines) is 1. The van der Waals surface area contributed by atoms with Crippen LogP contribution in [0.15, 0.2) is 0 Å². The third kappa shape index (κ3) is 6.24. The highest BCUT2D eigenvalue weighted by Crippen LogP contribution is 2.34. The van der Waals surface area contributed by atoms with Crippen LogP contribution >= 0.6 is 0 Å². The molecule has 2 unspecified atom stereocenters. The van der Waals surface area contributed by atoms with Crippen molar-refractivity contribution in [1.29, 1.82) is 0 Å². The van der Waals surface area contributed by atoms with E-state index in [9.17, 15) is 5.11 Å². The quantitative estimate of drug-likeness (QED) is 0.806. The van der Waals surface area contributed by atoms with Crippen LogP contribution in [0, 0.1) is 11.3 Å². The molecule has 0 aromatic rings. The van der Waals surface area contributed by atoms with Gasteiger partial charge in [0.05, 0.1) is 6.61 Å². The first kappa shape index (κ1) is 16.9. The molecule has 1 heterocycles. The van der Waals surface area contributed by atoms with Gasteiger partial charge < -0.3 is 15.3 Å². The molecule has 0 radical (unpaired) electrons. The first-order valence-electron chi connectivity index (χ1n) is 7.92. The van der Waals surface area contributed by atoms with Crippen molar-refractivity contribution in [1.82, 2.24) is 10.2 Å². The molecule has 1 rings (SSSR count). The Kier molecular flexibility index (Phi) is 6.78. The van der Waals surface area contributed by atoms with Gasteiger partial charge in [-0.25, -0.2) is 0 Å². The van der Waals surface area contributed by atoms with Crippen LogP contribution in [0.3, 0.4) is 0 Å². The summed E-state index contributed by atoms with van der Waals surface area (Å²) < 4.78 is 0. The number of aliphatic hydroxyl groups excluding tert-OH is 1. The van der Waals surface area contributed by atoms with Gasteiger partial charge in [-0.15, -0.1) is 0 Å². The molecule has 0 spiro atoms. The van der Waals surface area contributed by atoms with Crippen LogP contribution in [0.2, 0.25) is 0 Å². The van der Waals surface area contributed by atoms with Crippen LogP contribution in [0.25, 0.3) is 0 Å². The van der Waals surface area contributed by atoms with Crippen LogP contribution in [0.4, 0.5) is 0 Å². The highest BCUT2D eigenvalue weighted by atomic mass is 16.3. The lowest BCUT2D eigenvalue weighted by Crippen LogP contribution is -2.46. The summed E-state index contributed by atoms with van der Waals surface area (Å²) in [5.74, 6) is 0.836. The van der Waals surface area contributed by atoms with E-state index in [1.807, 2.05) is 0 Å².